The highest BCUT2D eigenvalue weighted by molar-refractivity contribution is 9.20. The van der Waals surface area contributed by atoms with Crippen molar-refractivity contribution in [2.45, 2.75) is 0 Å². The minimum absolute atomic E-state index is 0.0632. The monoisotopic (exact) mass is 358 g/mol. The van der Waals surface area contributed by atoms with Crippen molar-refractivity contribution in [1.29, 1.82) is 5.26 Å². The van der Waals surface area contributed by atoms with Gasteiger partial charge < -0.3 is 0 Å². The van der Waals surface area contributed by atoms with Crippen LogP contribution in [0.25, 0.3) is 10.8 Å². The van der Waals surface area contributed by atoms with E-state index in [0.717, 1.165) is 25.4 Å². The topological polar surface area (TPSA) is 36.1 Å². The van der Waals surface area contributed by atoms with Crippen molar-refractivity contribution in [3.05, 3.63) is 57.8 Å². The predicted molar refractivity (Wildman–Crippen MR) is 104 cm³/mol. The van der Waals surface area contributed by atoms with Gasteiger partial charge in [-0.1, -0.05) is 36.4 Å². The number of nitrogens with zero attached hydrogens (tertiary/aromatic N) is 2. The Bertz CT molecular complexity index is 935. The summed E-state index contributed by atoms with van der Waals surface area (Å²) in [5, 5.41) is 12.9. The van der Waals surface area contributed by atoms with Crippen molar-refractivity contribution < 1.29 is 0 Å². The lowest BCUT2D eigenvalue weighted by Crippen LogP contribution is -1.97. The maximum absolute atomic E-state index is 9.38. The van der Waals surface area contributed by atoms with Gasteiger partial charge in [-0.05, 0) is 53.2 Å². The minimum atomic E-state index is -0.0632. The first-order valence-electron chi connectivity index (χ1n) is 6.54. The summed E-state index contributed by atoms with van der Waals surface area (Å²) in [6.45, 7) is 0. The first-order chi connectivity index (χ1) is 10.8. The average Bonchev–Trinajstić information content (AvgIpc) is 3.11. The van der Waals surface area contributed by atoms with Crippen LogP contribution in [0, 0.1) is 11.3 Å². The van der Waals surface area contributed by atoms with E-state index in [1.807, 2.05) is 6.26 Å². The van der Waals surface area contributed by atoms with Crippen LogP contribution in [0.4, 0.5) is 0 Å². The second-order valence-corrected chi connectivity index (χ2v) is 11.4. The zero-order valence-electron chi connectivity index (χ0n) is 11.6. The summed E-state index contributed by atoms with van der Waals surface area (Å²) in [5.41, 5.74) is 1.91. The molecule has 0 bridgehead atoms. The van der Waals surface area contributed by atoms with Gasteiger partial charge in [0.2, 0.25) is 0 Å². The van der Waals surface area contributed by atoms with Gasteiger partial charge in [-0.15, -0.1) is 11.8 Å². The van der Waals surface area contributed by atoms with Gasteiger partial charge in [0.1, 0.15) is 21.7 Å². The van der Waals surface area contributed by atoms with E-state index in [1.54, 1.807) is 33.3 Å². The lowest BCUT2D eigenvalue weighted by atomic mass is 10.1. The molecule has 2 aliphatic heterocycles. The number of hydrogen-bond acceptors (Lipinski definition) is 5. The number of hydrogen-bond donors (Lipinski definition) is 0. The molecule has 2 nitrogen and oxygen atoms in total. The number of fused-ring (bicyclic) bond motifs is 1. The average molecular weight is 359 g/mol. The molecule has 4 rings (SSSR count). The lowest BCUT2D eigenvalue weighted by molar-refractivity contribution is 1.51. The minimum Gasteiger partial charge on any atom is -0.231 e. The Kier molecular flexibility index (Phi) is 3.82. The number of nitriles is 1. The van der Waals surface area contributed by atoms with Crippen LogP contribution in [0.2, 0.25) is 0 Å². The first kappa shape index (κ1) is 14.5. The molecule has 0 aliphatic carbocycles. The van der Waals surface area contributed by atoms with Crippen molar-refractivity contribution in [2.24, 2.45) is 4.99 Å². The van der Waals surface area contributed by atoms with E-state index in [0.29, 0.717) is 0 Å². The summed E-state index contributed by atoms with van der Waals surface area (Å²) in [6, 6.07) is 17.1. The van der Waals surface area contributed by atoms with Crippen LogP contribution in [0.1, 0.15) is 5.56 Å². The van der Waals surface area contributed by atoms with E-state index < -0.39 is 0 Å². The molecule has 0 aromatic heterocycles. The Morgan fingerprint density at radius 2 is 1.95 bits per heavy atom. The van der Waals surface area contributed by atoms with Crippen molar-refractivity contribution >= 4 is 62.7 Å². The van der Waals surface area contributed by atoms with Gasteiger partial charge in [0.25, 0.3) is 0 Å². The van der Waals surface area contributed by atoms with Crippen LogP contribution in [-0.2, 0) is 0 Å². The fraction of sp³-hybridized carbons (Fsp3) is 0.0625. The molecule has 22 heavy (non-hydrogen) atoms. The third-order valence-corrected chi connectivity index (χ3v) is 10.8. The molecule has 0 spiro atoms. The Morgan fingerprint density at radius 3 is 2.73 bits per heavy atom. The van der Waals surface area contributed by atoms with Gasteiger partial charge in [0.05, 0.1) is 4.24 Å². The highest BCUT2D eigenvalue weighted by Gasteiger charge is 2.31. The normalized spacial score (nSPS) is 20.3. The molecule has 0 radical (unpaired) electrons. The molecule has 1 atom stereocenters. The maximum Gasteiger partial charge on any atom is 0.128 e. The van der Waals surface area contributed by atoms with Gasteiger partial charge in [-0.25, -0.2) is 4.99 Å². The molecule has 6 heteroatoms. The quantitative estimate of drug-likeness (QED) is 0.531. The second kappa shape index (κ2) is 5.82. The Balaban J connectivity index is 1.74. The molecular weight excluding hydrogens is 348 g/mol. The summed E-state index contributed by atoms with van der Waals surface area (Å²) in [6.07, 6.45) is 2.02. The second-order valence-electron chi connectivity index (χ2n) is 4.66. The summed E-state index contributed by atoms with van der Waals surface area (Å²) in [7, 11) is 3.49. The number of thioether (sulfide) groups is 1. The third kappa shape index (κ3) is 2.33. The SMILES string of the molecule is CSC1=C(C#N)C2=S(SC(c3ccc4ccccc4c3)=N2)S1. The molecule has 2 aliphatic rings. The van der Waals surface area contributed by atoms with Gasteiger partial charge in [-0.2, -0.15) is 5.26 Å². The van der Waals surface area contributed by atoms with Gasteiger partial charge >= 0.3 is 0 Å². The standard InChI is InChI=1S/C16H10N2S4/c1-19-16-13(9-17)15-18-14(20-22(15)21-16)12-7-6-10-4-2-3-5-11(10)8-12/h2-8H,1H3. The zero-order valence-corrected chi connectivity index (χ0v) is 14.8. The van der Waals surface area contributed by atoms with Crippen LogP contribution in [0.3, 0.4) is 0 Å². The molecule has 1 unspecified atom stereocenters. The fourth-order valence-electron chi connectivity index (χ4n) is 2.32. The fourth-order valence-corrected chi connectivity index (χ4v) is 10.6. The van der Waals surface area contributed by atoms with E-state index in [1.165, 1.54) is 10.8 Å². The number of benzene rings is 2. The largest absolute Gasteiger partial charge is 0.231 e. The third-order valence-electron chi connectivity index (χ3n) is 3.38. The molecule has 0 fully saturated rings. The summed E-state index contributed by atoms with van der Waals surface area (Å²) >= 11 is 1.64. The van der Waals surface area contributed by atoms with Crippen molar-refractivity contribution in [2.75, 3.05) is 6.26 Å². The summed E-state index contributed by atoms with van der Waals surface area (Å²) in [5.74, 6) is 0. The molecule has 0 N–H and O–H groups in total. The summed E-state index contributed by atoms with van der Waals surface area (Å²) < 4.78 is 1.11. The van der Waals surface area contributed by atoms with Crippen LogP contribution in [0.5, 0.6) is 0 Å². The van der Waals surface area contributed by atoms with Crippen LogP contribution < -0.4 is 0 Å². The Morgan fingerprint density at radius 1 is 1.14 bits per heavy atom. The summed E-state index contributed by atoms with van der Waals surface area (Å²) in [4.78, 5) is 5.73. The van der Waals surface area contributed by atoms with Crippen molar-refractivity contribution in [3.63, 3.8) is 0 Å². The number of aliphatic imine (C=N–C) groups is 1. The highest BCUT2D eigenvalue weighted by Crippen LogP contribution is 2.61. The predicted octanol–water partition coefficient (Wildman–Crippen LogP) is 5.41. The maximum atomic E-state index is 9.38. The molecule has 108 valence electrons. The lowest BCUT2D eigenvalue weighted by Gasteiger charge is -2.05. The molecule has 0 amide bonds. The van der Waals surface area contributed by atoms with E-state index in [2.05, 4.69) is 48.5 Å². The highest BCUT2D eigenvalue weighted by atomic mass is 33.5. The van der Waals surface area contributed by atoms with E-state index >= 15 is 0 Å². The van der Waals surface area contributed by atoms with Crippen LogP contribution >= 0.6 is 41.9 Å². The zero-order chi connectivity index (χ0) is 15.1. The van der Waals surface area contributed by atoms with E-state index in [4.69, 9.17) is 4.99 Å². The van der Waals surface area contributed by atoms with Gasteiger partial charge in [0, 0.05) is 5.56 Å². The van der Waals surface area contributed by atoms with Crippen molar-refractivity contribution in [3.8, 4) is 6.07 Å². The Labute approximate surface area is 142 Å². The molecular formula is C16H10N2S4. The van der Waals surface area contributed by atoms with Crippen LogP contribution in [-0.4, -0.2) is 16.3 Å². The van der Waals surface area contributed by atoms with E-state index in [9.17, 15) is 5.26 Å². The molecule has 2 aromatic carbocycles. The van der Waals surface area contributed by atoms with Crippen molar-refractivity contribution in [1.82, 2.24) is 0 Å². The van der Waals surface area contributed by atoms with Gasteiger partial charge in [0.15, 0.2) is 0 Å². The smallest absolute Gasteiger partial charge is 0.128 e. The van der Waals surface area contributed by atoms with E-state index in [-0.39, 0.29) is 8.55 Å². The molecule has 0 saturated heterocycles. The Hall–Kier alpha value is -1.13. The van der Waals surface area contributed by atoms with Crippen LogP contribution in [0.15, 0.2) is 57.3 Å². The van der Waals surface area contributed by atoms with Gasteiger partial charge in [-0.3, -0.25) is 0 Å². The molecule has 0 saturated carbocycles. The first-order valence-corrected chi connectivity index (χ1v) is 11.7. The molecule has 2 aromatic rings. The number of rotatable bonds is 2. The molecule has 2 heterocycles.